The lowest BCUT2D eigenvalue weighted by Gasteiger charge is -2.44. The molecule has 2 unspecified atom stereocenters. The summed E-state index contributed by atoms with van der Waals surface area (Å²) >= 11 is 25.6. The molecule has 2 atom stereocenters. The lowest BCUT2D eigenvalue weighted by molar-refractivity contribution is -0.135. The Hall–Kier alpha value is -2.55. The third-order valence-corrected chi connectivity index (χ3v) is 7.20. The highest BCUT2D eigenvalue weighted by Crippen LogP contribution is 2.43. The smallest absolute Gasteiger partial charge is 0.273 e. The Labute approximate surface area is 224 Å². The van der Waals surface area contributed by atoms with Crippen LogP contribution in [0.5, 0.6) is 11.5 Å². The number of β-lactam (4-membered cyclic amide) rings is 1. The van der Waals surface area contributed by atoms with Gasteiger partial charge in [-0.25, -0.2) is 0 Å². The molecule has 2 heterocycles. The zero-order chi connectivity index (χ0) is 24.5. The van der Waals surface area contributed by atoms with Crippen LogP contribution >= 0.6 is 57.7 Å². The van der Waals surface area contributed by atoms with Gasteiger partial charge in [-0.3, -0.25) is 9.69 Å². The number of rotatable bonds is 7. The third-order valence-electron chi connectivity index (χ3n) is 5.24. The summed E-state index contributed by atoms with van der Waals surface area (Å²) in [6.45, 7) is 0.136. The maximum Gasteiger partial charge on any atom is 0.273 e. The molecular formula is C24H15Cl4N3O3S. The van der Waals surface area contributed by atoms with Gasteiger partial charge in [0.25, 0.3) is 5.91 Å². The lowest BCUT2D eigenvalue weighted by atomic mass is 9.91. The van der Waals surface area contributed by atoms with Gasteiger partial charge in [0.05, 0.1) is 10.0 Å². The van der Waals surface area contributed by atoms with Gasteiger partial charge in [-0.05, 0) is 42.0 Å². The molecule has 1 aromatic heterocycles. The van der Waals surface area contributed by atoms with Gasteiger partial charge in [0, 0.05) is 10.0 Å². The highest BCUT2D eigenvalue weighted by atomic mass is 35.5. The van der Waals surface area contributed by atoms with E-state index < -0.39 is 12.1 Å². The second kappa shape index (κ2) is 10.2. The largest absolute Gasteiger partial charge is 0.485 e. The van der Waals surface area contributed by atoms with Crippen LogP contribution in [0.15, 0.2) is 66.7 Å². The first-order valence-electron chi connectivity index (χ1n) is 10.3. The Balaban J connectivity index is 1.37. The molecule has 11 heteroatoms. The molecule has 178 valence electrons. The molecule has 6 nitrogen and oxygen atoms in total. The van der Waals surface area contributed by atoms with E-state index in [1.54, 1.807) is 41.3 Å². The first kappa shape index (κ1) is 24.2. The number of carbonyl (C=O) groups excluding carboxylic acids is 1. The van der Waals surface area contributed by atoms with Crippen molar-refractivity contribution < 1.29 is 14.3 Å². The first-order chi connectivity index (χ1) is 16.9. The van der Waals surface area contributed by atoms with Crippen molar-refractivity contribution in [1.29, 1.82) is 0 Å². The minimum absolute atomic E-state index is 0.136. The maximum atomic E-state index is 13.2. The van der Waals surface area contributed by atoms with E-state index in [1.165, 1.54) is 11.3 Å². The van der Waals surface area contributed by atoms with Crippen LogP contribution in [0.2, 0.25) is 20.1 Å². The summed E-state index contributed by atoms with van der Waals surface area (Å²) in [4.78, 5) is 14.8. The summed E-state index contributed by atoms with van der Waals surface area (Å²) in [6.07, 6.45) is -0.785. The second-order valence-electron chi connectivity index (χ2n) is 7.52. The molecule has 1 saturated heterocycles. The molecule has 0 N–H and O–H groups in total. The van der Waals surface area contributed by atoms with E-state index >= 15 is 0 Å². The Morgan fingerprint density at radius 1 is 0.857 bits per heavy atom. The highest BCUT2D eigenvalue weighted by molar-refractivity contribution is 7.15. The molecule has 3 aromatic carbocycles. The van der Waals surface area contributed by atoms with Crippen LogP contribution in [0.25, 0.3) is 0 Å². The summed E-state index contributed by atoms with van der Waals surface area (Å²) in [5.74, 6) is 0.596. The molecule has 1 aliphatic heterocycles. The van der Waals surface area contributed by atoms with Crippen molar-refractivity contribution in [2.45, 2.75) is 18.8 Å². The quantitative estimate of drug-likeness (QED) is 0.220. The average Bonchev–Trinajstić information content (AvgIpc) is 3.29. The predicted molar refractivity (Wildman–Crippen MR) is 138 cm³/mol. The normalized spacial score (nSPS) is 17.3. The van der Waals surface area contributed by atoms with E-state index in [4.69, 9.17) is 55.9 Å². The SMILES string of the molecule is O=C1C(Oc2ccc(Cl)cc2Cl)C(c2ccccc2)N1c1nnc(COc2ccc(Cl)cc2Cl)s1. The number of anilines is 1. The van der Waals surface area contributed by atoms with Crippen molar-refractivity contribution in [1.82, 2.24) is 10.2 Å². The van der Waals surface area contributed by atoms with Crippen molar-refractivity contribution >= 4 is 68.8 Å². The summed E-state index contributed by atoms with van der Waals surface area (Å²) in [7, 11) is 0. The molecule has 35 heavy (non-hydrogen) atoms. The van der Waals surface area contributed by atoms with E-state index in [2.05, 4.69) is 10.2 Å². The zero-order valence-corrected chi connectivity index (χ0v) is 21.5. The van der Waals surface area contributed by atoms with E-state index in [1.807, 2.05) is 30.3 Å². The Morgan fingerprint density at radius 2 is 1.51 bits per heavy atom. The van der Waals surface area contributed by atoms with Gasteiger partial charge in [0.2, 0.25) is 11.2 Å². The standard InChI is InChI=1S/C24H15Cl4N3O3S/c25-14-6-8-18(16(27)10-14)33-12-20-29-30-24(35-20)31-21(13-4-2-1-3-5-13)22(23(31)32)34-19-9-7-15(26)11-17(19)28/h1-11,21-22H,12H2. The molecule has 1 aliphatic rings. The molecule has 1 fully saturated rings. The highest BCUT2D eigenvalue weighted by Gasteiger charge is 2.52. The number of hydrogen-bond acceptors (Lipinski definition) is 6. The summed E-state index contributed by atoms with van der Waals surface area (Å²) in [6, 6.07) is 19.0. The second-order valence-corrected chi connectivity index (χ2v) is 10.2. The van der Waals surface area contributed by atoms with Gasteiger partial charge in [-0.2, -0.15) is 0 Å². The van der Waals surface area contributed by atoms with Crippen molar-refractivity contribution in [2.75, 3.05) is 4.90 Å². The van der Waals surface area contributed by atoms with Gasteiger partial charge in [-0.1, -0.05) is 88.1 Å². The number of aromatic nitrogens is 2. The fourth-order valence-electron chi connectivity index (χ4n) is 3.60. The topological polar surface area (TPSA) is 64.5 Å². The molecule has 0 bridgehead atoms. The van der Waals surface area contributed by atoms with Gasteiger partial charge in [-0.15, -0.1) is 10.2 Å². The minimum atomic E-state index is -0.785. The molecule has 0 radical (unpaired) electrons. The van der Waals surface area contributed by atoms with Gasteiger partial charge in [0.1, 0.15) is 24.1 Å². The number of nitrogens with zero attached hydrogens (tertiary/aromatic N) is 3. The predicted octanol–water partition coefficient (Wildman–Crippen LogP) is 7.27. The van der Waals surface area contributed by atoms with Gasteiger partial charge in [0.15, 0.2) is 5.01 Å². The lowest BCUT2D eigenvalue weighted by Crippen LogP contribution is -2.61. The van der Waals surface area contributed by atoms with E-state index in [0.29, 0.717) is 41.7 Å². The molecular weight excluding hydrogens is 552 g/mol. The third kappa shape index (κ3) is 5.06. The number of hydrogen-bond donors (Lipinski definition) is 0. The summed E-state index contributed by atoms with van der Waals surface area (Å²) in [5.41, 5.74) is 0.892. The molecule has 0 spiro atoms. The fourth-order valence-corrected chi connectivity index (χ4v) is 5.31. The molecule has 0 saturated carbocycles. The maximum absolute atomic E-state index is 13.2. The zero-order valence-electron chi connectivity index (χ0n) is 17.7. The van der Waals surface area contributed by atoms with E-state index in [-0.39, 0.29) is 12.5 Å². The van der Waals surface area contributed by atoms with Crippen LogP contribution in [-0.2, 0) is 11.4 Å². The monoisotopic (exact) mass is 565 g/mol. The summed E-state index contributed by atoms with van der Waals surface area (Å²) in [5, 5.41) is 11.1. The Kier molecular flexibility index (Phi) is 7.05. The van der Waals surface area contributed by atoms with Crippen molar-refractivity contribution in [3.63, 3.8) is 0 Å². The number of ether oxygens (including phenoxy) is 2. The molecule has 1 amide bonds. The van der Waals surface area contributed by atoms with Gasteiger partial charge >= 0.3 is 0 Å². The minimum Gasteiger partial charge on any atom is -0.485 e. The van der Waals surface area contributed by atoms with E-state index in [9.17, 15) is 4.79 Å². The first-order valence-corrected chi connectivity index (χ1v) is 12.6. The fraction of sp³-hybridized carbons (Fsp3) is 0.125. The van der Waals surface area contributed by atoms with Crippen LogP contribution in [0, 0.1) is 0 Å². The van der Waals surface area contributed by atoms with Crippen molar-refractivity contribution in [3.8, 4) is 11.5 Å². The molecule has 5 rings (SSSR count). The number of carbonyl (C=O) groups is 1. The van der Waals surface area contributed by atoms with Crippen LogP contribution in [0.1, 0.15) is 16.6 Å². The summed E-state index contributed by atoms with van der Waals surface area (Å²) < 4.78 is 11.8. The van der Waals surface area contributed by atoms with E-state index in [0.717, 1.165) is 5.56 Å². The van der Waals surface area contributed by atoms with Crippen molar-refractivity contribution in [3.05, 3.63) is 97.4 Å². The Morgan fingerprint density at radius 3 is 2.17 bits per heavy atom. The number of halogens is 4. The van der Waals surface area contributed by atoms with Crippen LogP contribution < -0.4 is 14.4 Å². The number of amides is 1. The van der Waals surface area contributed by atoms with Crippen molar-refractivity contribution in [2.24, 2.45) is 0 Å². The molecule has 4 aromatic rings. The molecule has 0 aliphatic carbocycles. The van der Waals surface area contributed by atoms with Crippen LogP contribution in [0.4, 0.5) is 5.13 Å². The average molecular weight is 567 g/mol. The van der Waals surface area contributed by atoms with Crippen LogP contribution in [0.3, 0.4) is 0 Å². The number of benzene rings is 3. The Bertz CT molecular complexity index is 1390. The van der Waals surface area contributed by atoms with Crippen LogP contribution in [-0.4, -0.2) is 22.2 Å². The van der Waals surface area contributed by atoms with Gasteiger partial charge < -0.3 is 9.47 Å².